The Morgan fingerprint density at radius 2 is 1.00 bits per heavy atom. The fraction of sp³-hybridized carbons (Fsp3) is 0.125. The van der Waals surface area contributed by atoms with E-state index in [1.807, 2.05) is 0 Å². The molecule has 0 fully saturated rings. The largest absolute Gasteiger partial charge is 0.506 e. The molecule has 0 saturated heterocycles. The number of hydrogen-bond acceptors (Lipinski definition) is 8. The zero-order chi connectivity index (χ0) is 22.3. The average molecular weight is 499 g/mol. The van der Waals surface area contributed by atoms with Gasteiger partial charge in [0.1, 0.15) is 11.5 Å². The van der Waals surface area contributed by atoms with Crippen LogP contribution in [-0.2, 0) is 26.7 Å². The minimum absolute atomic E-state index is 0. The van der Waals surface area contributed by atoms with Crippen molar-refractivity contribution in [3.05, 3.63) is 56.3 Å². The Hall–Kier alpha value is -2.72. The summed E-state index contributed by atoms with van der Waals surface area (Å²) < 4.78 is 0. The standard InChI is InChI=1S/2C6H4ClNO2.2C2H4O2.Cu/c2*7-4-1-2-6(9)5(3-4)8-10;2*1-2(3)4;/h2*1-3,9H;2*1H3,(H,3,4);. The van der Waals surface area contributed by atoms with Crippen molar-refractivity contribution >= 4 is 46.5 Å². The first-order valence-corrected chi connectivity index (χ1v) is 7.72. The van der Waals surface area contributed by atoms with Crippen molar-refractivity contribution in [1.82, 2.24) is 0 Å². The third kappa shape index (κ3) is 18.4. The minimum atomic E-state index is -0.833. The van der Waals surface area contributed by atoms with Gasteiger partial charge < -0.3 is 20.4 Å². The Kier molecular flexibility index (Phi) is 18.6. The third-order valence-electron chi connectivity index (χ3n) is 2.07. The van der Waals surface area contributed by atoms with Crippen LogP contribution in [0.3, 0.4) is 0 Å². The normalized spacial score (nSPS) is 8.14. The number of halogens is 2. The predicted octanol–water partition coefficient (Wildman–Crippen LogP) is 5.07. The molecular formula is C16H16Cl2CuN2O8. The first kappa shape index (κ1) is 31.0. The van der Waals surface area contributed by atoms with Gasteiger partial charge >= 0.3 is 0 Å². The number of nitroso groups, excluding NO2 is 2. The second-order valence-corrected chi connectivity index (χ2v) is 5.36. The first-order valence-electron chi connectivity index (χ1n) is 6.97. The van der Waals surface area contributed by atoms with Crippen molar-refractivity contribution in [2.24, 2.45) is 10.4 Å². The predicted molar refractivity (Wildman–Crippen MR) is 104 cm³/mol. The van der Waals surface area contributed by atoms with Crippen LogP contribution in [0.25, 0.3) is 0 Å². The Morgan fingerprint density at radius 1 is 0.759 bits per heavy atom. The summed E-state index contributed by atoms with van der Waals surface area (Å²) in [6.07, 6.45) is 0. The molecule has 1 radical (unpaired) electrons. The number of benzene rings is 2. The third-order valence-corrected chi connectivity index (χ3v) is 2.54. The zero-order valence-electron chi connectivity index (χ0n) is 14.8. The second kappa shape index (κ2) is 17.4. The van der Waals surface area contributed by atoms with Crippen LogP contribution in [0.15, 0.2) is 46.8 Å². The molecule has 0 amide bonds. The Balaban J connectivity index is -0.000000336. The van der Waals surface area contributed by atoms with Crippen LogP contribution in [0.2, 0.25) is 10.0 Å². The van der Waals surface area contributed by atoms with Crippen LogP contribution >= 0.6 is 23.2 Å². The zero-order valence-corrected chi connectivity index (χ0v) is 17.3. The van der Waals surface area contributed by atoms with E-state index in [1.54, 1.807) is 0 Å². The number of carboxylic acid groups (broad SMARTS) is 2. The molecule has 0 aromatic heterocycles. The maximum atomic E-state index is 9.91. The molecule has 0 aliphatic carbocycles. The Bertz CT molecular complexity index is 746. The van der Waals surface area contributed by atoms with Gasteiger partial charge in [0.2, 0.25) is 0 Å². The minimum Gasteiger partial charge on any atom is -0.506 e. The van der Waals surface area contributed by atoms with Gasteiger partial charge in [-0.15, -0.1) is 9.81 Å². The van der Waals surface area contributed by atoms with E-state index >= 15 is 0 Å². The Morgan fingerprint density at radius 3 is 1.17 bits per heavy atom. The van der Waals surface area contributed by atoms with Gasteiger partial charge in [-0.05, 0) is 46.8 Å². The van der Waals surface area contributed by atoms with E-state index in [4.69, 9.17) is 53.2 Å². The van der Waals surface area contributed by atoms with Crippen LogP contribution in [-0.4, -0.2) is 32.4 Å². The fourth-order valence-corrected chi connectivity index (χ4v) is 1.47. The van der Waals surface area contributed by atoms with Crippen LogP contribution in [0, 0.1) is 9.81 Å². The van der Waals surface area contributed by atoms with Gasteiger partial charge in [-0.3, -0.25) is 9.59 Å². The van der Waals surface area contributed by atoms with E-state index in [-0.39, 0.29) is 39.9 Å². The van der Waals surface area contributed by atoms with Crippen molar-refractivity contribution in [3.8, 4) is 11.5 Å². The Labute approximate surface area is 185 Å². The summed E-state index contributed by atoms with van der Waals surface area (Å²) in [5.41, 5.74) is -0.0694. The van der Waals surface area contributed by atoms with E-state index in [1.165, 1.54) is 36.4 Å². The van der Waals surface area contributed by atoms with E-state index in [0.717, 1.165) is 13.8 Å². The van der Waals surface area contributed by atoms with Gasteiger partial charge in [0.15, 0.2) is 11.4 Å². The molecule has 0 aliphatic heterocycles. The maximum absolute atomic E-state index is 9.91. The molecule has 4 N–H and O–H groups in total. The average Bonchev–Trinajstić information content (AvgIpc) is 2.58. The van der Waals surface area contributed by atoms with Crippen molar-refractivity contribution < 1.29 is 47.1 Å². The molecule has 2 aromatic carbocycles. The molecule has 0 unspecified atom stereocenters. The van der Waals surface area contributed by atoms with Crippen LogP contribution in [0.1, 0.15) is 13.8 Å². The van der Waals surface area contributed by atoms with E-state index in [0.29, 0.717) is 10.0 Å². The van der Waals surface area contributed by atoms with E-state index in [2.05, 4.69) is 10.4 Å². The molecule has 10 nitrogen and oxygen atoms in total. The molecule has 2 rings (SSSR count). The topological polar surface area (TPSA) is 174 Å². The summed E-state index contributed by atoms with van der Waals surface area (Å²) >= 11 is 11.0. The number of aliphatic carboxylic acids is 2. The van der Waals surface area contributed by atoms with Crippen LogP contribution in [0.5, 0.6) is 11.5 Å². The summed E-state index contributed by atoms with van der Waals surface area (Å²) in [6.45, 7) is 2.17. The smallest absolute Gasteiger partial charge is 0.300 e. The van der Waals surface area contributed by atoms with E-state index in [9.17, 15) is 9.81 Å². The van der Waals surface area contributed by atoms with Crippen molar-refractivity contribution in [1.29, 1.82) is 0 Å². The monoisotopic (exact) mass is 497 g/mol. The number of phenolic OH excluding ortho intramolecular Hbond substituents is 2. The van der Waals surface area contributed by atoms with Gasteiger partial charge in [0, 0.05) is 41.0 Å². The number of aromatic hydroxyl groups is 2. The molecule has 163 valence electrons. The molecule has 0 saturated carbocycles. The SMILES string of the molecule is CC(=O)O.CC(=O)O.O=Nc1cc(Cl)ccc1O.O=Nc1cc(Cl)ccc1O.[Cu]. The molecule has 0 bridgehead atoms. The van der Waals surface area contributed by atoms with Gasteiger partial charge in [-0.1, -0.05) is 23.2 Å². The molecule has 13 heteroatoms. The molecule has 0 heterocycles. The van der Waals surface area contributed by atoms with Gasteiger partial charge in [0.05, 0.1) is 0 Å². The molecule has 0 aliphatic rings. The number of carbonyl (C=O) groups is 2. The number of phenols is 2. The number of hydrogen-bond donors (Lipinski definition) is 4. The quantitative estimate of drug-likeness (QED) is 0.328. The van der Waals surface area contributed by atoms with Crippen molar-refractivity contribution in [2.75, 3.05) is 0 Å². The summed E-state index contributed by atoms with van der Waals surface area (Å²) in [6, 6.07) is 8.18. The molecule has 2 aromatic rings. The van der Waals surface area contributed by atoms with Gasteiger partial charge in [-0.2, -0.15) is 0 Å². The number of rotatable bonds is 2. The number of carboxylic acids is 2. The van der Waals surface area contributed by atoms with Crippen LogP contribution < -0.4 is 0 Å². The second-order valence-electron chi connectivity index (χ2n) is 4.49. The summed E-state index contributed by atoms with van der Waals surface area (Å²) in [7, 11) is 0. The summed E-state index contributed by atoms with van der Waals surface area (Å²) in [4.78, 5) is 37.8. The molecule has 0 spiro atoms. The van der Waals surface area contributed by atoms with Crippen molar-refractivity contribution in [2.45, 2.75) is 13.8 Å². The molecule has 0 atom stereocenters. The van der Waals surface area contributed by atoms with Gasteiger partial charge in [-0.25, -0.2) is 0 Å². The van der Waals surface area contributed by atoms with Gasteiger partial charge in [0.25, 0.3) is 11.9 Å². The molecule has 29 heavy (non-hydrogen) atoms. The maximum Gasteiger partial charge on any atom is 0.300 e. The summed E-state index contributed by atoms with van der Waals surface area (Å²) in [5, 5.41) is 38.5. The number of nitrogens with zero attached hydrogens (tertiary/aromatic N) is 2. The van der Waals surface area contributed by atoms with Crippen LogP contribution in [0.4, 0.5) is 11.4 Å². The van der Waals surface area contributed by atoms with E-state index < -0.39 is 11.9 Å². The first-order chi connectivity index (χ1) is 12.9. The summed E-state index contributed by atoms with van der Waals surface area (Å²) in [5.74, 6) is -1.97. The fourth-order valence-electron chi connectivity index (χ4n) is 1.14. The molecular weight excluding hydrogens is 483 g/mol. The van der Waals surface area contributed by atoms with Crippen molar-refractivity contribution in [3.63, 3.8) is 0 Å².